The second kappa shape index (κ2) is 8.61. The zero-order valence-electron chi connectivity index (χ0n) is 18.0. The average Bonchev–Trinajstić information content (AvgIpc) is 3.10. The molecule has 4 atom stereocenters. The summed E-state index contributed by atoms with van der Waals surface area (Å²) in [6, 6.07) is 15.4. The van der Waals surface area contributed by atoms with Crippen LogP contribution < -0.4 is 9.47 Å². The van der Waals surface area contributed by atoms with E-state index in [0.29, 0.717) is 24.7 Å². The maximum Gasteiger partial charge on any atom is 0.254 e. The molecule has 3 aliphatic carbocycles. The molecular formula is C26H26N2O4. The first-order chi connectivity index (χ1) is 15.7. The van der Waals surface area contributed by atoms with Crippen molar-refractivity contribution in [3.05, 3.63) is 71.8 Å². The molecule has 2 fully saturated rings. The Kier molecular flexibility index (Phi) is 5.52. The Labute approximate surface area is 187 Å². The summed E-state index contributed by atoms with van der Waals surface area (Å²) >= 11 is 0. The fourth-order valence-electron chi connectivity index (χ4n) is 5.02. The number of hydrazone groups is 1. The van der Waals surface area contributed by atoms with Crippen molar-refractivity contribution in [2.24, 2.45) is 28.8 Å². The predicted octanol–water partition coefficient (Wildman–Crippen LogP) is 4.20. The summed E-state index contributed by atoms with van der Waals surface area (Å²) in [5, 5.41) is 5.36. The van der Waals surface area contributed by atoms with Gasteiger partial charge in [-0.1, -0.05) is 42.5 Å². The van der Waals surface area contributed by atoms with Crippen LogP contribution in [-0.2, 0) is 16.2 Å². The monoisotopic (exact) mass is 430 g/mol. The van der Waals surface area contributed by atoms with E-state index in [0.717, 1.165) is 29.0 Å². The molecule has 2 aromatic rings. The lowest BCUT2D eigenvalue weighted by Crippen LogP contribution is -2.38. The third-order valence-electron chi connectivity index (χ3n) is 6.56. The maximum absolute atomic E-state index is 12.9. The first-order valence-electron chi connectivity index (χ1n) is 11.2. The molecule has 2 bridgehead atoms. The quantitative estimate of drug-likeness (QED) is 0.375. The number of benzene rings is 2. The summed E-state index contributed by atoms with van der Waals surface area (Å²) in [7, 11) is 0. The third kappa shape index (κ3) is 3.70. The molecule has 0 unspecified atom stereocenters. The van der Waals surface area contributed by atoms with Crippen LogP contribution in [0.3, 0.4) is 0 Å². The van der Waals surface area contributed by atoms with Crippen LogP contribution in [0.4, 0.5) is 0 Å². The van der Waals surface area contributed by atoms with Crippen LogP contribution in [0.5, 0.6) is 11.5 Å². The number of allylic oxidation sites excluding steroid dienone is 2. The second-order valence-electron chi connectivity index (χ2n) is 8.49. The summed E-state index contributed by atoms with van der Waals surface area (Å²) in [5.74, 6) is 0.690. The van der Waals surface area contributed by atoms with E-state index in [1.807, 2.05) is 55.5 Å². The van der Waals surface area contributed by atoms with Crippen LogP contribution in [0.2, 0.25) is 0 Å². The van der Waals surface area contributed by atoms with Crippen LogP contribution in [-0.4, -0.2) is 29.6 Å². The molecule has 4 aliphatic rings. The van der Waals surface area contributed by atoms with Gasteiger partial charge in [0.2, 0.25) is 0 Å². The van der Waals surface area contributed by atoms with E-state index >= 15 is 0 Å². The van der Waals surface area contributed by atoms with Gasteiger partial charge in [-0.15, -0.1) is 0 Å². The predicted molar refractivity (Wildman–Crippen MR) is 120 cm³/mol. The lowest BCUT2D eigenvalue weighted by atomic mass is 9.63. The van der Waals surface area contributed by atoms with Crippen molar-refractivity contribution < 1.29 is 19.1 Å². The number of rotatable bonds is 7. The van der Waals surface area contributed by atoms with Crippen molar-refractivity contribution in [3.63, 3.8) is 0 Å². The number of fused-ring (bicyclic) bond motifs is 1. The van der Waals surface area contributed by atoms with Gasteiger partial charge in [-0.25, -0.2) is 0 Å². The average molecular weight is 431 g/mol. The Morgan fingerprint density at radius 1 is 0.938 bits per heavy atom. The van der Waals surface area contributed by atoms with Gasteiger partial charge in [0, 0.05) is 0 Å². The fraction of sp³-hybridized carbons (Fsp3) is 0.346. The van der Waals surface area contributed by atoms with Crippen molar-refractivity contribution in [1.82, 2.24) is 5.01 Å². The molecular weight excluding hydrogens is 404 g/mol. The zero-order chi connectivity index (χ0) is 22.1. The van der Waals surface area contributed by atoms with Gasteiger partial charge in [0.05, 0.1) is 24.7 Å². The van der Waals surface area contributed by atoms with Crippen molar-refractivity contribution in [2.45, 2.75) is 26.4 Å². The van der Waals surface area contributed by atoms with Crippen LogP contribution >= 0.6 is 0 Å². The second-order valence-corrected chi connectivity index (χ2v) is 8.49. The number of carbonyl (C=O) groups is 2. The third-order valence-corrected chi connectivity index (χ3v) is 6.56. The number of carbonyl (C=O) groups excluding carboxylic acids is 2. The van der Waals surface area contributed by atoms with Crippen molar-refractivity contribution in [2.75, 3.05) is 6.61 Å². The van der Waals surface area contributed by atoms with Crippen LogP contribution in [0.25, 0.3) is 0 Å². The highest BCUT2D eigenvalue weighted by Crippen LogP contribution is 2.49. The van der Waals surface area contributed by atoms with E-state index in [2.05, 4.69) is 17.3 Å². The topological polar surface area (TPSA) is 68.2 Å². The minimum atomic E-state index is -0.254. The van der Waals surface area contributed by atoms with Gasteiger partial charge in [0.15, 0.2) is 11.5 Å². The van der Waals surface area contributed by atoms with Crippen LogP contribution in [0.15, 0.2) is 65.8 Å². The lowest BCUT2D eigenvalue weighted by Gasteiger charge is -2.37. The molecule has 1 saturated carbocycles. The highest BCUT2D eigenvalue weighted by molar-refractivity contribution is 6.06. The Morgan fingerprint density at radius 2 is 1.62 bits per heavy atom. The minimum absolute atomic E-state index is 0.159. The summed E-state index contributed by atoms with van der Waals surface area (Å²) in [5.41, 5.74) is 1.80. The molecule has 0 spiro atoms. The SMILES string of the molecule is CCOc1cc(/C=N\N2C(=O)[C@@H]3[C@@H](C2=O)[C@H]2C=C[C@H]3CC2)ccc1OCc1ccccc1. The van der Waals surface area contributed by atoms with E-state index in [1.165, 1.54) is 0 Å². The smallest absolute Gasteiger partial charge is 0.254 e. The molecule has 1 aliphatic heterocycles. The summed E-state index contributed by atoms with van der Waals surface area (Å²) in [6.07, 6.45) is 7.71. The van der Waals surface area contributed by atoms with E-state index in [-0.39, 0.29) is 35.5 Å². The first-order valence-corrected chi connectivity index (χ1v) is 11.2. The van der Waals surface area contributed by atoms with Crippen molar-refractivity contribution in [1.29, 1.82) is 0 Å². The number of hydrogen-bond acceptors (Lipinski definition) is 5. The fourth-order valence-corrected chi connectivity index (χ4v) is 5.02. The Balaban J connectivity index is 1.32. The van der Waals surface area contributed by atoms with Crippen LogP contribution in [0.1, 0.15) is 30.9 Å². The summed E-state index contributed by atoms with van der Waals surface area (Å²) in [6.45, 7) is 2.84. The molecule has 32 heavy (non-hydrogen) atoms. The maximum atomic E-state index is 12.9. The Bertz CT molecular complexity index is 1050. The van der Waals surface area contributed by atoms with Gasteiger partial charge in [-0.05, 0) is 60.9 Å². The molecule has 2 aromatic carbocycles. The van der Waals surface area contributed by atoms with Gasteiger partial charge in [-0.2, -0.15) is 10.1 Å². The Morgan fingerprint density at radius 3 is 2.25 bits per heavy atom. The van der Waals surface area contributed by atoms with Crippen LogP contribution in [0, 0.1) is 23.7 Å². The van der Waals surface area contributed by atoms with E-state index < -0.39 is 0 Å². The summed E-state index contributed by atoms with van der Waals surface area (Å²) in [4.78, 5) is 25.8. The molecule has 0 radical (unpaired) electrons. The molecule has 6 rings (SSSR count). The molecule has 164 valence electrons. The molecule has 0 aromatic heterocycles. The Hall–Kier alpha value is -3.41. The van der Waals surface area contributed by atoms with E-state index in [1.54, 1.807) is 6.21 Å². The standard InChI is InChI=1S/C26H26N2O4/c1-2-31-22-14-18(8-13-21(22)32-16-17-6-4-3-5-7-17)15-27-28-25(29)23-19-9-10-20(12-11-19)24(23)26(28)30/h3-10,13-15,19-20,23-24H,2,11-12,16H2,1H3/b27-15-/t19-,20-,23-,24-/m0/s1. The summed E-state index contributed by atoms with van der Waals surface area (Å²) < 4.78 is 11.7. The van der Waals surface area contributed by atoms with Crippen molar-refractivity contribution >= 4 is 18.0 Å². The first kappa shape index (κ1) is 20.5. The molecule has 0 N–H and O–H groups in total. The largest absolute Gasteiger partial charge is 0.490 e. The van der Waals surface area contributed by atoms with E-state index in [9.17, 15) is 9.59 Å². The van der Waals surface area contributed by atoms with Gasteiger partial charge in [0.1, 0.15) is 6.61 Å². The minimum Gasteiger partial charge on any atom is -0.490 e. The number of amides is 2. The molecule has 6 heteroatoms. The number of imide groups is 1. The van der Waals surface area contributed by atoms with Crippen molar-refractivity contribution in [3.8, 4) is 11.5 Å². The lowest BCUT2D eigenvalue weighted by molar-refractivity contribution is -0.140. The molecule has 2 amide bonds. The zero-order valence-corrected chi connectivity index (χ0v) is 18.0. The van der Waals surface area contributed by atoms with Gasteiger partial charge in [0.25, 0.3) is 11.8 Å². The molecule has 1 saturated heterocycles. The highest BCUT2D eigenvalue weighted by atomic mass is 16.5. The van der Waals surface area contributed by atoms with Gasteiger partial charge >= 0.3 is 0 Å². The van der Waals surface area contributed by atoms with E-state index in [4.69, 9.17) is 9.47 Å². The molecule has 1 heterocycles. The van der Waals surface area contributed by atoms with Gasteiger partial charge in [-0.3, -0.25) is 9.59 Å². The number of ether oxygens (including phenoxy) is 2. The normalized spacial score (nSPS) is 26.1. The van der Waals surface area contributed by atoms with Gasteiger partial charge < -0.3 is 9.47 Å². The molecule has 6 nitrogen and oxygen atoms in total. The highest BCUT2D eigenvalue weighted by Gasteiger charge is 2.56. The number of hydrogen-bond donors (Lipinski definition) is 0. The number of nitrogens with zero attached hydrogens (tertiary/aromatic N) is 2.